The van der Waals surface area contributed by atoms with E-state index in [9.17, 15) is 9.59 Å². The first-order valence-electron chi connectivity index (χ1n) is 10.2. The molecule has 1 N–H and O–H groups in total. The van der Waals surface area contributed by atoms with Gasteiger partial charge in [-0.3, -0.25) is 9.59 Å². The number of halogens is 1. The van der Waals surface area contributed by atoms with Gasteiger partial charge in [-0.25, -0.2) is 0 Å². The number of hydrogen-bond donors (Lipinski definition) is 1. The molecule has 0 heterocycles. The van der Waals surface area contributed by atoms with Gasteiger partial charge in [-0.2, -0.15) is 0 Å². The number of rotatable bonds is 9. The third kappa shape index (κ3) is 6.60. The lowest BCUT2D eigenvalue weighted by Crippen LogP contribution is -2.49. The quantitative estimate of drug-likeness (QED) is 0.638. The first-order chi connectivity index (χ1) is 13.8. The Balaban J connectivity index is 2.30. The molecule has 0 bridgehead atoms. The van der Waals surface area contributed by atoms with Crippen LogP contribution in [0.2, 0.25) is 5.02 Å². The molecule has 29 heavy (non-hydrogen) atoms. The second-order valence-corrected chi connectivity index (χ2v) is 7.91. The lowest BCUT2D eigenvalue weighted by Gasteiger charge is -2.31. The second-order valence-electron chi connectivity index (χ2n) is 7.47. The summed E-state index contributed by atoms with van der Waals surface area (Å²) < 4.78 is 0. The zero-order valence-electron chi connectivity index (χ0n) is 17.8. The highest BCUT2D eigenvalue weighted by molar-refractivity contribution is 6.30. The van der Waals surface area contributed by atoms with Gasteiger partial charge in [-0.05, 0) is 55.5 Å². The molecule has 0 spiro atoms. The van der Waals surface area contributed by atoms with E-state index < -0.39 is 6.04 Å². The smallest absolute Gasteiger partial charge is 0.242 e. The largest absolute Gasteiger partial charge is 0.354 e. The fraction of sp³-hybridized carbons (Fsp3) is 0.417. The molecule has 0 saturated carbocycles. The summed E-state index contributed by atoms with van der Waals surface area (Å²) in [5.74, 6) is -0.148. The van der Waals surface area contributed by atoms with Gasteiger partial charge in [0.1, 0.15) is 6.04 Å². The van der Waals surface area contributed by atoms with E-state index in [0.29, 0.717) is 24.5 Å². The Morgan fingerprint density at radius 1 is 1.07 bits per heavy atom. The van der Waals surface area contributed by atoms with E-state index in [0.717, 1.165) is 28.7 Å². The van der Waals surface area contributed by atoms with Gasteiger partial charge in [-0.1, -0.05) is 61.3 Å². The number of hydrogen-bond acceptors (Lipinski definition) is 2. The molecule has 2 aromatic rings. The molecule has 2 aromatic carbocycles. The van der Waals surface area contributed by atoms with Crippen LogP contribution < -0.4 is 5.32 Å². The molecule has 0 aliphatic carbocycles. The number of nitrogens with zero attached hydrogens (tertiary/aromatic N) is 1. The summed E-state index contributed by atoms with van der Waals surface area (Å²) in [6.07, 6.45) is 1.69. The summed E-state index contributed by atoms with van der Waals surface area (Å²) in [7, 11) is 0. The van der Waals surface area contributed by atoms with Crippen molar-refractivity contribution in [1.82, 2.24) is 10.2 Å². The predicted octanol–water partition coefficient (Wildman–Crippen LogP) is 4.83. The molecule has 0 aromatic heterocycles. The standard InChI is InChI=1S/C24H31ClN2O2/c1-5-13-26-24(29)22(6-2)27(16-19-9-11-21(25)12-10-19)23(28)15-20-14-17(3)7-8-18(20)4/h7-12,14,22H,5-6,13,15-16H2,1-4H3,(H,26,29)/t22-/m1/s1. The summed E-state index contributed by atoms with van der Waals surface area (Å²) in [4.78, 5) is 27.8. The summed E-state index contributed by atoms with van der Waals surface area (Å²) in [5.41, 5.74) is 4.15. The Kier molecular flexibility index (Phi) is 8.71. The van der Waals surface area contributed by atoms with E-state index in [1.54, 1.807) is 4.90 Å². The minimum absolute atomic E-state index is 0.0489. The molecule has 0 fully saturated rings. The van der Waals surface area contributed by atoms with Crippen LogP contribution in [0.15, 0.2) is 42.5 Å². The Hall–Kier alpha value is -2.33. The van der Waals surface area contributed by atoms with E-state index in [4.69, 9.17) is 11.6 Å². The molecular weight excluding hydrogens is 384 g/mol. The summed E-state index contributed by atoms with van der Waals surface area (Å²) in [5, 5.41) is 3.59. The Labute approximate surface area is 179 Å². The van der Waals surface area contributed by atoms with Crippen molar-refractivity contribution >= 4 is 23.4 Å². The Morgan fingerprint density at radius 2 is 1.76 bits per heavy atom. The van der Waals surface area contributed by atoms with Crippen LogP contribution >= 0.6 is 11.6 Å². The molecule has 0 saturated heterocycles. The SMILES string of the molecule is CCCNC(=O)[C@@H](CC)N(Cc1ccc(Cl)cc1)C(=O)Cc1cc(C)ccc1C. The molecular formula is C24H31ClN2O2. The highest BCUT2D eigenvalue weighted by Crippen LogP contribution is 2.18. The molecule has 4 nitrogen and oxygen atoms in total. The number of carbonyl (C=O) groups excluding carboxylic acids is 2. The van der Waals surface area contributed by atoms with Gasteiger partial charge in [0.05, 0.1) is 6.42 Å². The normalized spacial score (nSPS) is 11.8. The molecule has 5 heteroatoms. The molecule has 0 aliphatic rings. The van der Waals surface area contributed by atoms with Crippen LogP contribution in [0.3, 0.4) is 0 Å². The average molecular weight is 415 g/mol. The number of amides is 2. The van der Waals surface area contributed by atoms with Gasteiger partial charge in [0.25, 0.3) is 0 Å². The highest BCUT2D eigenvalue weighted by Gasteiger charge is 2.28. The summed E-state index contributed by atoms with van der Waals surface area (Å²) in [6, 6.07) is 13.0. The van der Waals surface area contributed by atoms with Gasteiger partial charge in [0, 0.05) is 18.1 Å². The zero-order chi connectivity index (χ0) is 21.4. The Bertz CT molecular complexity index is 833. The Morgan fingerprint density at radius 3 is 2.38 bits per heavy atom. The van der Waals surface area contributed by atoms with Gasteiger partial charge in [0.2, 0.25) is 11.8 Å². The van der Waals surface area contributed by atoms with Gasteiger partial charge >= 0.3 is 0 Å². The van der Waals surface area contributed by atoms with Crippen LogP contribution in [0.5, 0.6) is 0 Å². The minimum atomic E-state index is -0.505. The second kappa shape index (κ2) is 11.0. The van der Waals surface area contributed by atoms with Crippen LogP contribution in [0.4, 0.5) is 0 Å². The van der Waals surface area contributed by atoms with E-state index >= 15 is 0 Å². The van der Waals surface area contributed by atoms with Crippen LogP contribution in [-0.4, -0.2) is 29.3 Å². The van der Waals surface area contributed by atoms with Crippen LogP contribution in [-0.2, 0) is 22.6 Å². The molecule has 1 atom stereocenters. The number of carbonyl (C=O) groups is 2. The fourth-order valence-electron chi connectivity index (χ4n) is 3.33. The van der Waals surface area contributed by atoms with Crippen molar-refractivity contribution in [3.63, 3.8) is 0 Å². The minimum Gasteiger partial charge on any atom is -0.354 e. The van der Waals surface area contributed by atoms with Crippen molar-refractivity contribution in [1.29, 1.82) is 0 Å². The highest BCUT2D eigenvalue weighted by atomic mass is 35.5. The molecule has 0 aliphatic heterocycles. The van der Waals surface area contributed by atoms with E-state index in [2.05, 4.69) is 5.32 Å². The predicted molar refractivity (Wildman–Crippen MR) is 119 cm³/mol. The molecule has 2 rings (SSSR count). The molecule has 0 radical (unpaired) electrons. The van der Waals surface area contributed by atoms with Crippen LogP contribution in [0, 0.1) is 13.8 Å². The van der Waals surface area contributed by atoms with Crippen molar-refractivity contribution in [3.8, 4) is 0 Å². The van der Waals surface area contributed by atoms with Gasteiger partial charge < -0.3 is 10.2 Å². The first-order valence-corrected chi connectivity index (χ1v) is 10.6. The summed E-state index contributed by atoms with van der Waals surface area (Å²) >= 11 is 6.00. The maximum absolute atomic E-state index is 13.3. The van der Waals surface area contributed by atoms with Gasteiger partial charge in [-0.15, -0.1) is 0 Å². The number of nitrogens with one attached hydrogen (secondary N) is 1. The van der Waals surface area contributed by atoms with E-state index in [1.807, 2.05) is 70.2 Å². The third-order valence-electron chi connectivity index (χ3n) is 5.05. The van der Waals surface area contributed by atoms with Crippen LogP contribution in [0.1, 0.15) is 48.9 Å². The van der Waals surface area contributed by atoms with Crippen molar-refractivity contribution in [3.05, 3.63) is 69.7 Å². The van der Waals surface area contributed by atoms with Crippen molar-refractivity contribution < 1.29 is 9.59 Å². The first kappa shape index (κ1) is 23.0. The van der Waals surface area contributed by atoms with Crippen molar-refractivity contribution in [2.45, 2.75) is 59.5 Å². The maximum atomic E-state index is 13.3. The topological polar surface area (TPSA) is 49.4 Å². The van der Waals surface area contributed by atoms with Gasteiger partial charge in [0.15, 0.2) is 0 Å². The fourth-order valence-corrected chi connectivity index (χ4v) is 3.45. The van der Waals surface area contributed by atoms with Crippen LogP contribution in [0.25, 0.3) is 0 Å². The zero-order valence-corrected chi connectivity index (χ0v) is 18.6. The van der Waals surface area contributed by atoms with Crippen molar-refractivity contribution in [2.24, 2.45) is 0 Å². The molecule has 2 amide bonds. The van der Waals surface area contributed by atoms with E-state index in [1.165, 1.54) is 0 Å². The molecule has 0 unspecified atom stereocenters. The monoisotopic (exact) mass is 414 g/mol. The maximum Gasteiger partial charge on any atom is 0.242 e. The van der Waals surface area contributed by atoms with E-state index in [-0.39, 0.29) is 18.2 Å². The van der Waals surface area contributed by atoms with Crippen molar-refractivity contribution in [2.75, 3.05) is 6.54 Å². The lowest BCUT2D eigenvalue weighted by molar-refractivity contribution is -0.140. The molecule has 156 valence electrons. The summed E-state index contributed by atoms with van der Waals surface area (Å²) in [6.45, 7) is 8.96. The number of aryl methyl sites for hydroxylation is 2. The number of benzene rings is 2. The third-order valence-corrected chi connectivity index (χ3v) is 5.30. The average Bonchev–Trinajstić information content (AvgIpc) is 2.70. The lowest BCUT2D eigenvalue weighted by atomic mass is 10.0.